The molecule has 1 atom stereocenters. The van der Waals surface area contributed by atoms with E-state index in [1.165, 1.54) is 12.0 Å². The summed E-state index contributed by atoms with van der Waals surface area (Å²) in [5.74, 6) is -2.41. The summed E-state index contributed by atoms with van der Waals surface area (Å²) >= 11 is 0. The molecule has 31 heavy (non-hydrogen) atoms. The number of methoxy groups -OCH3 is 1. The zero-order valence-electron chi connectivity index (χ0n) is 17.2. The molecule has 1 spiro atoms. The molecule has 3 aliphatic rings. The molecule has 2 aliphatic heterocycles. The van der Waals surface area contributed by atoms with Crippen molar-refractivity contribution in [2.75, 3.05) is 25.2 Å². The van der Waals surface area contributed by atoms with E-state index in [0.717, 1.165) is 0 Å². The third-order valence-corrected chi connectivity index (χ3v) is 5.78. The number of benzene rings is 1. The lowest BCUT2D eigenvalue weighted by atomic mass is 9.64. The molecular formula is C22H22N2O7. The summed E-state index contributed by atoms with van der Waals surface area (Å²) in [5.41, 5.74) is 5.22. The van der Waals surface area contributed by atoms with E-state index in [4.69, 9.17) is 19.9 Å². The molecule has 1 aromatic carbocycles. The summed E-state index contributed by atoms with van der Waals surface area (Å²) in [4.78, 5) is 53.1. The number of rotatable bonds is 4. The van der Waals surface area contributed by atoms with Crippen molar-refractivity contribution in [2.24, 2.45) is 5.73 Å². The summed E-state index contributed by atoms with van der Waals surface area (Å²) in [6.07, 6.45) is 1.17. The molecule has 9 nitrogen and oxygen atoms in total. The minimum absolute atomic E-state index is 0.0270. The Bertz CT molecular complexity index is 1070. The average Bonchev–Trinajstić information content (AvgIpc) is 3.04. The maximum atomic E-state index is 13.5. The highest BCUT2D eigenvalue weighted by molar-refractivity contribution is 6.18. The van der Waals surface area contributed by atoms with E-state index in [0.29, 0.717) is 24.1 Å². The van der Waals surface area contributed by atoms with Crippen molar-refractivity contribution in [3.63, 3.8) is 0 Å². The summed E-state index contributed by atoms with van der Waals surface area (Å²) in [6, 6.07) is 6.68. The number of nitrogens with two attached hydrogens (primary N) is 1. The minimum Gasteiger partial charge on any atom is -0.468 e. The molecule has 2 heterocycles. The number of esters is 3. The largest absolute Gasteiger partial charge is 0.468 e. The van der Waals surface area contributed by atoms with E-state index >= 15 is 0 Å². The number of fused-ring (bicyclic) bond motifs is 3. The Hall–Kier alpha value is -3.62. The molecule has 0 saturated heterocycles. The summed E-state index contributed by atoms with van der Waals surface area (Å²) < 4.78 is 15.5. The summed E-state index contributed by atoms with van der Waals surface area (Å²) in [5, 5.41) is 0. The van der Waals surface area contributed by atoms with Crippen molar-refractivity contribution < 1.29 is 33.4 Å². The number of anilines is 1. The molecule has 0 aromatic heterocycles. The quantitative estimate of drug-likeness (QED) is 0.559. The van der Waals surface area contributed by atoms with Gasteiger partial charge in [0.25, 0.3) is 0 Å². The lowest BCUT2D eigenvalue weighted by Gasteiger charge is -2.41. The number of carbonyl (C=O) groups is 4. The zero-order valence-corrected chi connectivity index (χ0v) is 17.2. The van der Waals surface area contributed by atoms with Gasteiger partial charge in [0, 0.05) is 24.1 Å². The van der Waals surface area contributed by atoms with E-state index in [2.05, 4.69) is 0 Å². The lowest BCUT2D eigenvalue weighted by molar-refractivity contribution is -0.146. The van der Waals surface area contributed by atoms with Gasteiger partial charge in [-0.3, -0.25) is 9.59 Å². The molecule has 1 unspecified atom stereocenters. The average molecular weight is 426 g/mol. The van der Waals surface area contributed by atoms with Crippen LogP contribution in [0.2, 0.25) is 0 Å². The van der Waals surface area contributed by atoms with Gasteiger partial charge in [-0.2, -0.15) is 0 Å². The first-order valence-corrected chi connectivity index (χ1v) is 9.98. The number of hydrogen-bond donors (Lipinski definition) is 1. The highest BCUT2D eigenvalue weighted by atomic mass is 16.6. The second-order valence-corrected chi connectivity index (χ2v) is 7.37. The Balaban J connectivity index is 2.07. The smallest absolute Gasteiger partial charge is 0.339 e. The van der Waals surface area contributed by atoms with Crippen molar-refractivity contribution >= 4 is 29.4 Å². The van der Waals surface area contributed by atoms with E-state index in [-0.39, 0.29) is 48.1 Å². The molecule has 0 saturated carbocycles. The Kier molecular flexibility index (Phi) is 5.04. The van der Waals surface area contributed by atoms with Gasteiger partial charge in [-0.15, -0.1) is 0 Å². The maximum absolute atomic E-state index is 13.5. The van der Waals surface area contributed by atoms with Crippen molar-refractivity contribution in [3.05, 3.63) is 52.6 Å². The Labute approximate surface area is 178 Å². The van der Waals surface area contributed by atoms with E-state index in [1.54, 1.807) is 31.2 Å². The van der Waals surface area contributed by atoms with Gasteiger partial charge in [-0.25, -0.2) is 9.59 Å². The van der Waals surface area contributed by atoms with Crippen LogP contribution < -0.4 is 10.6 Å². The van der Waals surface area contributed by atoms with Gasteiger partial charge in [0.15, 0.2) is 11.2 Å². The van der Waals surface area contributed by atoms with Crippen LogP contribution >= 0.6 is 0 Å². The number of Topliss-reactive ketones (excluding diaryl/α,β-unsaturated/α-hetero) is 1. The number of nitrogens with zero attached hydrogens (tertiary/aromatic N) is 1. The molecule has 1 aliphatic carbocycles. The van der Waals surface area contributed by atoms with Gasteiger partial charge in [-0.05, 0) is 19.4 Å². The third-order valence-electron chi connectivity index (χ3n) is 5.78. The first-order chi connectivity index (χ1) is 14.9. The molecule has 9 heteroatoms. The Morgan fingerprint density at radius 3 is 2.68 bits per heavy atom. The van der Waals surface area contributed by atoms with Crippen molar-refractivity contribution in [1.82, 2.24) is 0 Å². The van der Waals surface area contributed by atoms with Crippen molar-refractivity contribution in [1.29, 1.82) is 0 Å². The van der Waals surface area contributed by atoms with Crippen molar-refractivity contribution in [3.8, 4) is 0 Å². The lowest BCUT2D eigenvalue weighted by Crippen LogP contribution is -2.51. The van der Waals surface area contributed by atoms with Gasteiger partial charge < -0.3 is 24.8 Å². The van der Waals surface area contributed by atoms with Crippen LogP contribution in [0.15, 0.2) is 47.0 Å². The summed E-state index contributed by atoms with van der Waals surface area (Å²) in [6.45, 7) is 1.35. The number of carbonyl (C=O) groups excluding carboxylic acids is 4. The number of ketones is 1. The fourth-order valence-corrected chi connectivity index (χ4v) is 4.54. The van der Waals surface area contributed by atoms with Crippen molar-refractivity contribution in [2.45, 2.75) is 31.6 Å². The van der Waals surface area contributed by atoms with E-state index in [9.17, 15) is 19.2 Å². The first kappa shape index (κ1) is 20.6. The standard InChI is InChI=1S/C22H22N2O7/c1-3-30-20(27)18-19(23)24(11-16(26)29-2)13-8-5-4-7-12(13)22(18)17-14(25)9-6-10-15(17)31-21(22)28/h4-5,7-8H,3,6,9-11,23H2,1-2H3. The minimum atomic E-state index is -1.84. The molecule has 162 valence electrons. The molecule has 0 fully saturated rings. The Morgan fingerprint density at radius 2 is 1.97 bits per heavy atom. The van der Waals surface area contributed by atoms with Gasteiger partial charge in [0.2, 0.25) is 0 Å². The molecule has 0 bridgehead atoms. The van der Waals surface area contributed by atoms with Crippen LogP contribution in [0.1, 0.15) is 31.7 Å². The highest BCUT2D eigenvalue weighted by Gasteiger charge is 2.63. The van der Waals surface area contributed by atoms with Gasteiger partial charge in [0.05, 0.1) is 19.3 Å². The normalized spacial score (nSPS) is 22.3. The third kappa shape index (κ3) is 2.83. The second-order valence-electron chi connectivity index (χ2n) is 7.37. The molecule has 0 amide bonds. The number of allylic oxidation sites excluding steroid dienone is 1. The van der Waals surface area contributed by atoms with Crippen LogP contribution in [0.4, 0.5) is 5.69 Å². The monoisotopic (exact) mass is 426 g/mol. The predicted molar refractivity (Wildman–Crippen MR) is 107 cm³/mol. The molecule has 1 aromatic rings. The molecule has 4 rings (SSSR count). The molecular weight excluding hydrogens is 404 g/mol. The van der Waals surface area contributed by atoms with Crippen LogP contribution in [-0.2, 0) is 38.8 Å². The van der Waals surface area contributed by atoms with Crippen LogP contribution in [0, 0.1) is 0 Å². The second kappa shape index (κ2) is 7.57. The maximum Gasteiger partial charge on any atom is 0.339 e. The fourth-order valence-electron chi connectivity index (χ4n) is 4.54. The van der Waals surface area contributed by atoms with E-state index in [1.807, 2.05) is 0 Å². The topological polar surface area (TPSA) is 125 Å². The van der Waals surface area contributed by atoms with Gasteiger partial charge in [-0.1, -0.05) is 18.2 Å². The molecule has 2 N–H and O–H groups in total. The number of hydrogen-bond acceptors (Lipinski definition) is 9. The van der Waals surface area contributed by atoms with Crippen LogP contribution in [0.5, 0.6) is 0 Å². The number of ether oxygens (including phenoxy) is 3. The first-order valence-electron chi connectivity index (χ1n) is 9.98. The van der Waals surface area contributed by atoms with Gasteiger partial charge in [0.1, 0.15) is 23.7 Å². The molecule has 0 radical (unpaired) electrons. The van der Waals surface area contributed by atoms with Crippen LogP contribution in [-0.4, -0.2) is 44.0 Å². The Morgan fingerprint density at radius 1 is 1.23 bits per heavy atom. The van der Waals surface area contributed by atoms with Crippen LogP contribution in [0.3, 0.4) is 0 Å². The van der Waals surface area contributed by atoms with Crippen LogP contribution in [0.25, 0.3) is 0 Å². The number of para-hydroxylation sites is 1. The van der Waals surface area contributed by atoms with Gasteiger partial charge >= 0.3 is 17.9 Å². The fraction of sp³-hybridized carbons (Fsp3) is 0.364. The van der Waals surface area contributed by atoms with E-state index < -0.39 is 23.3 Å². The highest BCUT2D eigenvalue weighted by Crippen LogP contribution is 2.55. The predicted octanol–water partition coefficient (Wildman–Crippen LogP) is 1.21. The SMILES string of the molecule is CCOC(=O)C1=C(N)N(CC(=O)OC)c2ccccc2C12C(=O)OC1=C2C(=O)CCC1. The zero-order chi connectivity index (χ0) is 22.3. The summed E-state index contributed by atoms with van der Waals surface area (Å²) in [7, 11) is 1.23.